The topological polar surface area (TPSA) is 107 Å². The largest absolute Gasteiger partial charge is 0.463 e. The highest BCUT2D eigenvalue weighted by atomic mass is 19.4. The molecule has 0 saturated heterocycles. The van der Waals surface area contributed by atoms with Gasteiger partial charge in [-0.15, -0.1) is 0 Å². The molecular weight excluding hydrogens is 836 g/mol. The Balaban J connectivity index is 5.50. The van der Waals surface area contributed by atoms with Crippen LogP contribution in [0.3, 0.4) is 0 Å². The van der Waals surface area contributed by atoms with Crippen LogP contribution < -0.4 is 0 Å². The molecule has 55 heavy (non-hydrogen) atoms. The summed E-state index contributed by atoms with van der Waals surface area (Å²) in [5, 5.41) is 0. The Kier molecular flexibility index (Phi) is 17.4. The van der Waals surface area contributed by atoms with Crippen LogP contribution in [0.5, 0.6) is 0 Å². The van der Waals surface area contributed by atoms with Gasteiger partial charge in [-0.2, -0.15) is 74.6 Å². The lowest BCUT2D eigenvalue weighted by atomic mass is 9.83. The third-order valence-electron chi connectivity index (χ3n) is 6.70. The molecule has 0 N–H and O–H groups in total. The number of hydrogen-bond donors (Lipinski definition) is 0. The van der Waals surface area contributed by atoms with E-state index in [-0.39, 0.29) is 0 Å². The molecule has 0 fully saturated rings. The summed E-state index contributed by atoms with van der Waals surface area (Å²) in [6.45, 7) is -14.6. The molecule has 0 aliphatic heterocycles. The van der Waals surface area contributed by atoms with Crippen LogP contribution in [0.1, 0.15) is 26.7 Å². The van der Waals surface area contributed by atoms with Crippen molar-refractivity contribution in [1.29, 1.82) is 0 Å². The van der Waals surface area contributed by atoms with Crippen molar-refractivity contribution in [3.8, 4) is 0 Å². The van der Waals surface area contributed by atoms with Crippen molar-refractivity contribution in [2.75, 3.05) is 59.5 Å². The molecule has 2 atom stereocenters. The molecule has 0 aliphatic rings. The molecule has 9 nitrogen and oxygen atoms in total. The highest BCUT2D eigenvalue weighted by molar-refractivity contribution is 5.87. The Bertz CT molecular complexity index is 1200. The second-order valence-electron chi connectivity index (χ2n) is 11.4. The Morgan fingerprint density at radius 2 is 0.691 bits per heavy atom. The molecule has 0 bridgehead atoms. The third-order valence-corrected chi connectivity index (χ3v) is 6.70. The van der Waals surface area contributed by atoms with Crippen molar-refractivity contribution in [3.63, 3.8) is 0 Å². The smallest absolute Gasteiger partial charge is 0.459 e. The van der Waals surface area contributed by atoms with E-state index in [4.69, 9.17) is 0 Å². The van der Waals surface area contributed by atoms with Crippen LogP contribution in [0.4, 0.5) is 87.8 Å². The SMILES string of the molecule is CC(CC(=O)OCCOCC(F)(F)C(C)(F)C(F)(F)F)(CC(=O)OCCOCC(F)(F)C(F)(F)C(F)(F)F)C(=O)OCCOCC(F)(F)C(F)(F)C(F)(F)F. The first-order chi connectivity index (χ1) is 24.3. The van der Waals surface area contributed by atoms with Crippen LogP contribution in [0.15, 0.2) is 0 Å². The molecule has 0 radical (unpaired) electrons. The molecule has 0 spiro atoms. The molecule has 2 unspecified atom stereocenters. The van der Waals surface area contributed by atoms with Crippen LogP contribution in [-0.4, -0.2) is 131 Å². The van der Waals surface area contributed by atoms with E-state index in [0.29, 0.717) is 6.92 Å². The Hall–Kier alpha value is -3.11. The van der Waals surface area contributed by atoms with Crippen molar-refractivity contribution in [2.24, 2.45) is 5.41 Å². The molecule has 0 aromatic carbocycles. The lowest BCUT2D eigenvalue weighted by Gasteiger charge is -2.31. The van der Waals surface area contributed by atoms with E-state index in [1.165, 1.54) is 0 Å². The van der Waals surface area contributed by atoms with Crippen molar-refractivity contribution in [1.82, 2.24) is 0 Å². The maximum Gasteiger partial charge on any atom is 0.459 e. The average molecular weight is 864 g/mol. The van der Waals surface area contributed by atoms with Crippen molar-refractivity contribution >= 4 is 17.9 Å². The number of rotatable bonds is 23. The van der Waals surface area contributed by atoms with Gasteiger partial charge in [-0.05, 0) is 13.8 Å². The van der Waals surface area contributed by atoms with Gasteiger partial charge in [-0.3, -0.25) is 14.4 Å². The number of hydrogen-bond acceptors (Lipinski definition) is 9. The zero-order valence-corrected chi connectivity index (χ0v) is 27.5. The normalized spacial score (nSPS) is 16.3. The van der Waals surface area contributed by atoms with Gasteiger partial charge in [0.2, 0.25) is 0 Å². The summed E-state index contributed by atoms with van der Waals surface area (Å²) in [5.41, 5.74) is -7.65. The van der Waals surface area contributed by atoms with Crippen LogP contribution in [-0.2, 0) is 42.8 Å². The third kappa shape index (κ3) is 13.8. The van der Waals surface area contributed by atoms with E-state index < -0.39 is 156 Å². The second kappa shape index (κ2) is 18.4. The standard InChI is InChI=1S/C26H28F20O9/c1-17(16(49)55-8-5-52-13-21(32,33)23(36,37)26(44,45)46,9-14(47)53-6-3-50-11-19(28,29)18(2,27)24(38,39)40)10-15(48)54-7-4-51-12-20(30,31)22(34,35)25(41,42)43/h3-13H2,1-2H3. The number of halogens is 20. The fraction of sp³-hybridized carbons (Fsp3) is 0.885. The molecule has 0 aromatic rings. The van der Waals surface area contributed by atoms with Crippen LogP contribution in [0, 0.1) is 5.41 Å². The number of ether oxygens (including phenoxy) is 6. The first-order valence-electron chi connectivity index (χ1n) is 14.3. The van der Waals surface area contributed by atoms with E-state index in [1.807, 2.05) is 0 Å². The van der Waals surface area contributed by atoms with Gasteiger partial charge >= 0.3 is 66.0 Å². The summed E-state index contributed by atoms with van der Waals surface area (Å²) < 4.78 is 282. The molecule has 0 saturated carbocycles. The van der Waals surface area contributed by atoms with Gasteiger partial charge in [-0.1, -0.05) is 0 Å². The van der Waals surface area contributed by atoms with E-state index in [9.17, 15) is 102 Å². The fourth-order valence-corrected chi connectivity index (χ4v) is 3.28. The summed E-state index contributed by atoms with van der Waals surface area (Å²) in [4.78, 5) is 37.3. The first-order valence-corrected chi connectivity index (χ1v) is 14.3. The molecule has 0 aromatic heterocycles. The highest BCUT2D eigenvalue weighted by Crippen LogP contribution is 2.48. The lowest BCUT2D eigenvalue weighted by Crippen LogP contribution is -2.55. The Morgan fingerprint density at radius 1 is 0.400 bits per heavy atom. The predicted octanol–water partition coefficient (Wildman–Crippen LogP) is 7.04. The highest BCUT2D eigenvalue weighted by Gasteiger charge is 2.74. The average Bonchev–Trinajstić information content (AvgIpc) is 2.98. The Labute approximate surface area is 294 Å². The minimum absolute atomic E-state index is 0.500. The maximum absolute atomic E-state index is 13.6. The predicted molar refractivity (Wildman–Crippen MR) is 135 cm³/mol. The van der Waals surface area contributed by atoms with Gasteiger partial charge in [0.15, 0.2) is 0 Å². The molecule has 0 rings (SSSR count). The van der Waals surface area contributed by atoms with Gasteiger partial charge in [-0.25, -0.2) is 13.2 Å². The second-order valence-corrected chi connectivity index (χ2v) is 11.4. The van der Waals surface area contributed by atoms with Gasteiger partial charge in [0.25, 0.3) is 5.67 Å². The summed E-state index contributed by atoms with van der Waals surface area (Å²) in [6, 6.07) is 0. The minimum atomic E-state index is -6.73. The lowest BCUT2D eigenvalue weighted by molar-refractivity contribution is -0.361. The zero-order valence-electron chi connectivity index (χ0n) is 27.5. The van der Waals surface area contributed by atoms with Crippen molar-refractivity contribution < 1.29 is 131 Å². The number of alkyl halides is 20. The van der Waals surface area contributed by atoms with Crippen LogP contribution in [0.25, 0.3) is 0 Å². The van der Waals surface area contributed by atoms with E-state index >= 15 is 0 Å². The molecule has 0 amide bonds. The molecule has 0 heterocycles. The van der Waals surface area contributed by atoms with Crippen LogP contribution >= 0.6 is 0 Å². The first kappa shape index (κ1) is 51.9. The molecule has 29 heteroatoms. The van der Waals surface area contributed by atoms with E-state index in [1.54, 1.807) is 0 Å². The fourth-order valence-electron chi connectivity index (χ4n) is 3.28. The van der Waals surface area contributed by atoms with Crippen molar-refractivity contribution in [2.45, 2.75) is 80.5 Å². The number of carbonyl (C=O) groups is 3. The summed E-state index contributed by atoms with van der Waals surface area (Å²) >= 11 is 0. The number of esters is 3. The van der Waals surface area contributed by atoms with E-state index in [2.05, 4.69) is 28.4 Å². The molecular formula is C26H28F20O9. The summed E-state index contributed by atoms with van der Waals surface area (Å²) in [6.07, 6.45) is -22.2. The number of carbonyl (C=O) groups excluding carboxylic acids is 3. The summed E-state index contributed by atoms with van der Waals surface area (Å²) in [7, 11) is 0. The monoisotopic (exact) mass is 864 g/mol. The van der Waals surface area contributed by atoms with Gasteiger partial charge in [0.1, 0.15) is 39.6 Å². The molecule has 326 valence electrons. The zero-order chi connectivity index (χ0) is 43.8. The minimum Gasteiger partial charge on any atom is -0.463 e. The molecule has 0 aliphatic carbocycles. The van der Waals surface area contributed by atoms with E-state index in [0.717, 1.165) is 0 Å². The quantitative estimate of drug-likeness (QED) is 0.0463. The van der Waals surface area contributed by atoms with Gasteiger partial charge in [0, 0.05) is 0 Å². The van der Waals surface area contributed by atoms with Gasteiger partial charge in [0.05, 0.1) is 38.1 Å². The van der Waals surface area contributed by atoms with Crippen molar-refractivity contribution in [3.05, 3.63) is 0 Å². The Morgan fingerprint density at radius 3 is 0.982 bits per heavy atom. The van der Waals surface area contributed by atoms with Gasteiger partial charge < -0.3 is 28.4 Å². The summed E-state index contributed by atoms with van der Waals surface area (Å²) in [5.74, 6) is -35.0. The maximum atomic E-state index is 13.6. The van der Waals surface area contributed by atoms with Crippen LogP contribution in [0.2, 0.25) is 0 Å².